The van der Waals surface area contributed by atoms with E-state index >= 15 is 0 Å². The van der Waals surface area contributed by atoms with Crippen molar-refractivity contribution in [3.05, 3.63) is 23.8 Å². The Kier molecular flexibility index (Phi) is 5.88. The van der Waals surface area contributed by atoms with E-state index in [1.54, 1.807) is 13.2 Å². The average Bonchev–Trinajstić information content (AvgIpc) is 2.34. The SMILES string of the molecule is COc1cc(C(N)=S)ccc1OCCCN(C)C. The fourth-order valence-electron chi connectivity index (χ4n) is 1.50. The fourth-order valence-corrected chi connectivity index (χ4v) is 1.63. The molecule has 18 heavy (non-hydrogen) atoms. The molecule has 0 aromatic heterocycles. The molecule has 0 radical (unpaired) electrons. The highest BCUT2D eigenvalue weighted by atomic mass is 32.1. The number of hydrogen-bond acceptors (Lipinski definition) is 4. The van der Waals surface area contributed by atoms with Crippen molar-refractivity contribution in [2.24, 2.45) is 5.73 Å². The Balaban J connectivity index is 2.62. The number of nitrogens with two attached hydrogens (primary N) is 1. The summed E-state index contributed by atoms with van der Waals surface area (Å²) in [5.74, 6) is 1.38. The predicted octanol–water partition coefficient (Wildman–Crippen LogP) is 1.66. The third kappa shape index (κ3) is 4.50. The number of methoxy groups -OCH3 is 1. The summed E-state index contributed by atoms with van der Waals surface area (Å²) < 4.78 is 10.9. The van der Waals surface area contributed by atoms with Gasteiger partial charge in [-0.1, -0.05) is 12.2 Å². The summed E-state index contributed by atoms with van der Waals surface area (Å²) in [6.45, 7) is 1.65. The first kappa shape index (κ1) is 14.7. The molecule has 0 spiro atoms. The third-order valence-corrected chi connectivity index (χ3v) is 2.69. The largest absolute Gasteiger partial charge is 0.493 e. The molecule has 0 unspecified atom stereocenters. The van der Waals surface area contributed by atoms with Gasteiger partial charge in [0.25, 0.3) is 0 Å². The number of rotatable bonds is 7. The van der Waals surface area contributed by atoms with Gasteiger partial charge in [-0.15, -0.1) is 0 Å². The van der Waals surface area contributed by atoms with Gasteiger partial charge in [0.2, 0.25) is 0 Å². The van der Waals surface area contributed by atoms with Crippen LogP contribution >= 0.6 is 12.2 Å². The molecule has 0 heterocycles. The van der Waals surface area contributed by atoms with E-state index in [1.165, 1.54) is 0 Å². The Labute approximate surface area is 114 Å². The molecule has 0 aliphatic carbocycles. The molecule has 0 saturated carbocycles. The number of nitrogens with zero attached hydrogens (tertiary/aromatic N) is 1. The van der Waals surface area contributed by atoms with Gasteiger partial charge in [0.15, 0.2) is 11.5 Å². The maximum Gasteiger partial charge on any atom is 0.161 e. The number of thiocarbonyl (C=S) groups is 1. The monoisotopic (exact) mass is 268 g/mol. The summed E-state index contributed by atoms with van der Waals surface area (Å²) in [5, 5.41) is 0. The summed E-state index contributed by atoms with van der Waals surface area (Å²) >= 11 is 4.92. The van der Waals surface area contributed by atoms with Gasteiger partial charge in [-0.3, -0.25) is 0 Å². The molecule has 100 valence electrons. The van der Waals surface area contributed by atoms with Gasteiger partial charge in [0.1, 0.15) is 4.99 Å². The highest BCUT2D eigenvalue weighted by Crippen LogP contribution is 2.28. The second-order valence-corrected chi connectivity index (χ2v) is 4.68. The number of hydrogen-bond donors (Lipinski definition) is 1. The van der Waals surface area contributed by atoms with Crippen molar-refractivity contribution in [1.82, 2.24) is 4.90 Å². The Morgan fingerprint density at radius 2 is 2.06 bits per heavy atom. The fraction of sp³-hybridized carbons (Fsp3) is 0.462. The number of benzene rings is 1. The van der Waals surface area contributed by atoms with E-state index in [1.807, 2.05) is 26.2 Å². The van der Waals surface area contributed by atoms with Crippen LogP contribution in [0, 0.1) is 0 Å². The summed E-state index contributed by atoms with van der Waals surface area (Å²) in [6.07, 6.45) is 0.965. The van der Waals surface area contributed by atoms with Crippen LogP contribution in [0.5, 0.6) is 11.5 Å². The van der Waals surface area contributed by atoms with Crippen molar-refractivity contribution in [1.29, 1.82) is 0 Å². The van der Waals surface area contributed by atoms with Gasteiger partial charge in [-0.05, 0) is 38.7 Å². The zero-order valence-corrected chi connectivity index (χ0v) is 11.9. The van der Waals surface area contributed by atoms with Crippen LogP contribution in [0.4, 0.5) is 0 Å². The van der Waals surface area contributed by atoms with Gasteiger partial charge in [-0.2, -0.15) is 0 Å². The van der Waals surface area contributed by atoms with Gasteiger partial charge in [0, 0.05) is 12.1 Å². The van der Waals surface area contributed by atoms with Gasteiger partial charge in [0.05, 0.1) is 13.7 Å². The van der Waals surface area contributed by atoms with Crippen LogP contribution < -0.4 is 15.2 Å². The maximum atomic E-state index is 5.68. The summed E-state index contributed by atoms with van der Waals surface area (Å²) in [5.41, 5.74) is 6.35. The highest BCUT2D eigenvalue weighted by Gasteiger charge is 2.07. The molecule has 1 aromatic rings. The minimum Gasteiger partial charge on any atom is -0.493 e. The standard InChI is InChI=1S/C13H20N2O2S/c1-15(2)7-4-8-17-11-6-5-10(13(14)18)9-12(11)16-3/h5-6,9H,4,7-8H2,1-3H3,(H2,14,18). The Bertz CT molecular complexity index is 408. The van der Waals surface area contributed by atoms with Crippen molar-refractivity contribution >= 4 is 17.2 Å². The van der Waals surface area contributed by atoms with Gasteiger partial charge < -0.3 is 20.1 Å². The first-order valence-electron chi connectivity index (χ1n) is 5.80. The van der Waals surface area contributed by atoms with E-state index in [0.29, 0.717) is 17.3 Å². The average molecular weight is 268 g/mol. The zero-order valence-electron chi connectivity index (χ0n) is 11.1. The molecule has 0 atom stereocenters. The second-order valence-electron chi connectivity index (χ2n) is 4.24. The molecular formula is C13H20N2O2S. The number of ether oxygens (including phenoxy) is 2. The first-order chi connectivity index (χ1) is 8.54. The molecule has 0 bridgehead atoms. The second kappa shape index (κ2) is 7.18. The summed E-state index contributed by atoms with van der Waals surface area (Å²) in [7, 11) is 5.68. The minimum atomic E-state index is 0.354. The lowest BCUT2D eigenvalue weighted by molar-refractivity contribution is 0.268. The lowest BCUT2D eigenvalue weighted by atomic mass is 10.2. The highest BCUT2D eigenvalue weighted by molar-refractivity contribution is 7.80. The van der Waals surface area contributed by atoms with Crippen molar-refractivity contribution in [3.63, 3.8) is 0 Å². The van der Waals surface area contributed by atoms with Gasteiger partial charge >= 0.3 is 0 Å². The molecule has 0 aliphatic heterocycles. The molecule has 2 N–H and O–H groups in total. The van der Waals surface area contributed by atoms with Crippen LogP contribution in [-0.4, -0.2) is 44.2 Å². The van der Waals surface area contributed by atoms with Crippen molar-refractivity contribution < 1.29 is 9.47 Å². The van der Waals surface area contributed by atoms with E-state index in [0.717, 1.165) is 24.3 Å². The molecule has 0 saturated heterocycles. The Hall–Kier alpha value is -1.33. The van der Waals surface area contributed by atoms with E-state index in [4.69, 9.17) is 27.4 Å². The van der Waals surface area contributed by atoms with Crippen LogP contribution in [0.25, 0.3) is 0 Å². The molecule has 1 rings (SSSR count). The molecule has 5 heteroatoms. The van der Waals surface area contributed by atoms with Crippen LogP contribution in [-0.2, 0) is 0 Å². The quantitative estimate of drug-likeness (QED) is 0.602. The topological polar surface area (TPSA) is 47.7 Å². The Morgan fingerprint density at radius 3 is 2.61 bits per heavy atom. The molecule has 0 amide bonds. The van der Waals surface area contributed by atoms with Crippen LogP contribution in [0.2, 0.25) is 0 Å². The molecule has 4 nitrogen and oxygen atoms in total. The summed E-state index contributed by atoms with van der Waals surface area (Å²) in [6, 6.07) is 5.47. The maximum absolute atomic E-state index is 5.68. The molecule has 1 aromatic carbocycles. The Morgan fingerprint density at radius 1 is 1.33 bits per heavy atom. The molecule has 0 fully saturated rings. The van der Waals surface area contributed by atoms with E-state index < -0.39 is 0 Å². The minimum absolute atomic E-state index is 0.354. The smallest absolute Gasteiger partial charge is 0.161 e. The van der Waals surface area contributed by atoms with Gasteiger partial charge in [-0.25, -0.2) is 0 Å². The van der Waals surface area contributed by atoms with Crippen molar-refractivity contribution in [2.45, 2.75) is 6.42 Å². The van der Waals surface area contributed by atoms with E-state index in [9.17, 15) is 0 Å². The van der Waals surface area contributed by atoms with Crippen molar-refractivity contribution in [3.8, 4) is 11.5 Å². The molecule has 0 aliphatic rings. The third-order valence-electron chi connectivity index (χ3n) is 2.46. The van der Waals surface area contributed by atoms with Crippen LogP contribution in [0.1, 0.15) is 12.0 Å². The van der Waals surface area contributed by atoms with Crippen LogP contribution in [0.15, 0.2) is 18.2 Å². The lowest BCUT2D eigenvalue weighted by Crippen LogP contribution is -2.15. The normalized spacial score (nSPS) is 10.4. The van der Waals surface area contributed by atoms with Crippen LogP contribution in [0.3, 0.4) is 0 Å². The summed E-state index contributed by atoms with van der Waals surface area (Å²) in [4.78, 5) is 2.48. The zero-order chi connectivity index (χ0) is 13.5. The first-order valence-corrected chi connectivity index (χ1v) is 6.20. The van der Waals surface area contributed by atoms with Crippen molar-refractivity contribution in [2.75, 3.05) is 34.4 Å². The molecular weight excluding hydrogens is 248 g/mol. The predicted molar refractivity (Wildman–Crippen MR) is 77.5 cm³/mol. The lowest BCUT2D eigenvalue weighted by Gasteiger charge is -2.13. The van der Waals surface area contributed by atoms with E-state index in [2.05, 4.69) is 4.90 Å². The van der Waals surface area contributed by atoms with E-state index in [-0.39, 0.29) is 0 Å².